The molecule has 10 rings (SSSR count). The largest absolute Gasteiger partial charge is 0.309 e. The lowest BCUT2D eigenvalue weighted by molar-refractivity contribution is 1.18. The summed E-state index contributed by atoms with van der Waals surface area (Å²) < 4.78 is 2.47. The molecule has 0 aliphatic heterocycles. The first-order valence-corrected chi connectivity index (χ1v) is 17.6. The standard InChI is InChI=1S/C50H33N/c1-3-15-34(16-4-1)35-27-29-36(30-28-35)38-31-32-48-45(33-38)39-19-11-13-25-46(39)51(48)47-26-14-12-24-44(47)50-42-22-9-7-20-40(42)49(37-17-5-2-6-18-37)41-21-8-10-23-43(41)50/h1-33H. The number of aromatic nitrogens is 1. The smallest absolute Gasteiger partial charge is 0.0541 e. The molecule has 0 aliphatic rings. The molecule has 0 saturated heterocycles. The minimum Gasteiger partial charge on any atom is -0.309 e. The third-order valence-electron chi connectivity index (χ3n) is 10.4. The van der Waals surface area contributed by atoms with Gasteiger partial charge in [-0.25, -0.2) is 0 Å². The number of benzene rings is 9. The first-order chi connectivity index (χ1) is 25.3. The molecule has 0 radical (unpaired) electrons. The van der Waals surface area contributed by atoms with Gasteiger partial charge in [0.1, 0.15) is 0 Å². The predicted octanol–water partition coefficient (Wildman–Crippen LogP) is 13.8. The van der Waals surface area contributed by atoms with E-state index in [0.29, 0.717) is 0 Å². The fourth-order valence-electron chi connectivity index (χ4n) is 8.11. The molecular weight excluding hydrogens is 615 g/mol. The fourth-order valence-corrected chi connectivity index (χ4v) is 8.11. The third-order valence-corrected chi connectivity index (χ3v) is 10.4. The molecule has 1 heteroatoms. The van der Waals surface area contributed by atoms with Gasteiger partial charge in [-0.15, -0.1) is 0 Å². The number of hydrogen-bond donors (Lipinski definition) is 0. The molecule has 1 aromatic heterocycles. The molecule has 238 valence electrons. The monoisotopic (exact) mass is 647 g/mol. The van der Waals surface area contributed by atoms with Crippen LogP contribution in [0, 0.1) is 0 Å². The zero-order valence-electron chi connectivity index (χ0n) is 28.0. The molecule has 0 fully saturated rings. The van der Waals surface area contributed by atoms with E-state index in [-0.39, 0.29) is 0 Å². The summed E-state index contributed by atoms with van der Waals surface area (Å²) in [6.45, 7) is 0. The number of rotatable bonds is 5. The van der Waals surface area contributed by atoms with Crippen molar-refractivity contribution in [1.29, 1.82) is 0 Å². The van der Waals surface area contributed by atoms with E-state index in [2.05, 4.69) is 205 Å². The highest BCUT2D eigenvalue weighted by Crippen LogP contribution is 2.46. The second-order valence-electron chi connectivity index (χ2n) is 13.3. The van der Waals surface area contributed by atoms with E-state index in [4.69, 9.17) is 0 Å². The van der Waals surface area contributed by atoms with Gasteiger partial charge in [0, 0.05) is 16.3 Å². The highest BCUT2D eigenvalue weighted by atomic mass is 15.0. The molecule has 0 unspecified atom stereocenters. The lowest BCUT2D eigenvalue weighted by Gasteiger charge is -2.20. The Balaban J connectivity index is 1.20. The van der Waals surface area contributed by atoms with Gasteiger partial charge >= 0.3 is 0 Å². The van der Waals surface area contributed by atoms with E-state index < -0.39 is 0 Å². The van der Waals surface area contributed by atoms with E-state index in [1.807, 2.05) is 0 Å². The Morgan fingerprint density at radius 2 is 0.686 bits per heavy atom. The quantitative estimate of drug-likeness (QED) is 0.164. The number of para-hydroxylation sites is 2. The lowest BCUT2D eigenvalue weighted by Crippen LogP contribution is -1.98. The van der Waals surface area contributed by atoms with Crippen LogP contribution < -0.4 is 0 Å². The van der Waals surface area contributed by atoms with Crippen LogP contribution in [0.2, 0.25) is 0 Å². The van der Waals surface area contributed by atoms with Crippen molar-refractivity contribution in [2.75, 3.05) is 0 Å². The van der Waals surface area contributed by atoms with Crippen LogP contribution in [-0.2, 0) is 0 Å². The van der Waals surface area contributed by atoms with Crippen LogP contribution >= 0.6 is 0 Å². The Bertz CT molecular complexity index is 2820. The summed E-state index contributed by atoms with van der Waals surface area (Å²) in [4.78, 5) is 0. The van der Waals surface area contributed by atoms with Crippen molar-refractivity contribution >= 4 is 43.4 Å². The summed E-state index contributed by atoms with van der Waals surface area (Å²) in [5.74, 6) is 0. The fraction of sp³-hybridized carbons (Fsp3) is 0. The highest BCUT2D eigenvalue weighted by Gasteiger charge is 2.21. The first-order valence-electron chi connectivity index (χ1n) is 17.6. The third kappa shape index (κ3) is 4.78. The van der Waals surface area contributed by atoms with Crippen LogP contribution in [0.3, 0.4) is 0 Å². The van der Waals surface area contributed by atoms with Crippen molar-refractivity contribution in [3.63, 3.8) is 0 Å². The molecule has 0 aliphatic carbocycles. The summed E-state index contributed by atoms with van der Waals surface area (Å²) in [5.41, 5.74) is 13.5. The average Bonchev–Trinajstić information content (AvgIpc) is 3.54. The minimum atomic E-state index is 1.17. The van der Waals surface area contributed by atoms with Crippen LogP contribution in [0.1, 0.15) is 0 Å². The maximum absolute atomic E-state index is 2.47. The topological polar surface area (TPSA) is 4.93 Å². The van der Waals surface area contributed by atoms with Gasteiger partial charge in [0.05, 0.1) is 16.7 Å². The zero-order chi connectivity index (χ0) is 33.7. The van der Waals surface area contributed by atoms with Gasteiger partial charge in [-0.1, -0.05) is 176 Å². The first kappa shape index (κ1) is 29.2. The Labute approximate surface area is 297 Å². The molecule has 0 spiro atoms. The Hall–Kier alpha value is -6.70. The van der Waals surface area contributed by atoms with Crippen molar-refractivity contribution in [3.05, 3.63) is 200 Å². The summed E-state index contributed by atoms with van der Waals surface area (Å²) in [5, 5.41) is 7.53. The molecule has 0 bridgehead atoms. The summed E-state index contributed by atoms with van der Waals surface area (Å²) in [6.07, 6.45) is 0. The Morgan fingerprint density at radius 3 is 1.33 bits per heavy atom. The van der Waals surface area contributed by atoms with Crippen molar-refractivity contribution in [2.24, 2.45) is 0 Å². The van der Waals surface area contributed by atoms with Crippen molar-refractivity contribution in [2.45, 2.75) is 0 Å². The predicted molar refractivity (Wildman–Crippen MR) is 218 cm³/mol. The van der Waals surface area contributed by atoms with E-state index in [1.165, 1.54) is 93.5 Å². The van der Waals surface area contributed by atoms with Crippen LogP contribution in [-0.4, -0.2) is 4.57 Å². The van der Waals surface area contributed by atoms with Crippen LogP contribution in [0.5, 0.6) is 0 Å². The molecular formula is C50H33N. The van der Waals surface area contributed by atoms with Crippen molar-refractivity contribution < 1.29 is 0 Å². The van der Waals surface area contributed by atoms with Gasteiger partial charge in [-0.3, -0.25) is 0 Å². The zero-order valence-corrected chi connectivity index (χ0v) is 28.0. The van der Waals surface area contributed by atoms with Crippen LogP contribution in [0.4, 0.5) is 0 Å². The Kier molecular flexibility index (Phi) is 6.89. The SMILES string of the molecule is c1ccc(-c2ccc(-c3ccc4c(c3)c3ccccc3n4-c3ccccc3-c3c4ccccc4c(-c4ccccc4)c4ccccc34)cc2)cc1. The van der Waals surface area contributed by atoms with Gasteiger partial charge in [-0.05, 0) is 84.8 Å². The van der Waals surface area contributed by atoms with Crippen LogP contribution in [0.15, 0.2) is 200 Å². The minimum absolute atomic E-state index is 1.17. The molecule has 0 atom stereocenters. The maximum Gasteiger partial charge on any atom is 0.0541 e. The molecule has 1 heterocycles. The summed E-state index contributed by atoms with van der Waals surface area (Å²) >= 11 is 0. The van der Waals surface area contributed by atoms with Gasteiger partial charge in [0.25, 0.3) is 0 Å². The second kappa shape index (κ2) is 12.0. The van der Waals surface area contributed by atoms with Crippen LogP contribution in [0.25, 0.3) is 93.5 Å². The van der Waals surface area contributed by atoms with Gasteiger partial charge in [0.2, 0.25) is 0 Å². The number of nitrogens with zero attached hydrogens (tertiary/aromatic N) is 1. The molecule has 51 heavy (non-hydrogen) atoms. The Morgan fingerprint density at radius 1 is 0.255 bits per heavy atom. The maximum atomic E-state index is 2.47. The molecule has 9 aromatic carbocycles. The van der Waals surface area contributed by atoms with Crippen molar-refractivity contribution in [3.8, 4) is 50.2 Å². The molecule has 10 aromatic rings. The lowest BCUT2D eigenvalue weighted by atomic mass is 9.85. The highest BCUT2D eigenvalue weighted by molar-refractivity contribution is 6.22. The van der Waals surface area contributed by atoms with Gasteiger partial charge in [0.15, 0.2) is 0 Å². The number of fused-ring (bicyclic) bond motifs is 5. The number of hydrogen-bond acceptors (Lipinski definition) is 0. The normalized spacial score (nSPS) is 11.5. The van der Waals surface area contributed by atoms with Crippen molar-refractivity contribution in [1.82, 2.24) is 4.57 Å². The second-order valence-corrected chi connectivity index (χ2v) is 13.3. The summed E-state index contributed by atoms with van der Waals surface area (Å²) in [7, 11) is 0. The van der Waals surface area contributed by atoms with E-state index >= 15 is 0 Å². The summed E-state index contributed by atoms with van der Waals surface area (Å²) in [6, 6.07) is 72.9. The van der Waals surface area contributed by atoms with Gasteiger partial charge < -0.3 is 4.57 Å². The average molecular weight is 648 g/mol. The van der Waals surface area contributed by atoms with E-state index in [0.717, 1.165) is 0 Å². The molecule has 1 nitrogen and oxygen atoms in total. The molecule has 0 N–H and O–H groups in total. The molecule has 0 saturated carbocycles. The van der Waals surface area contributed by atoms with E-state index in [9.17, 15) is 0 Å². The van der Waals surface area contributed by atoms with Gasteiger partial charge in [-0.2, -0.15) is 0 Å². The van der Waals surface area contributed by atoms with E-state index in [1.54, 1.807) is 0 Å². The molecule has 0 amide bonds.